The summed E-state index contributed by atoms with van der Waals surface area (Å²) in [6.07, 6.45) is 48.4. The van der Waals surface area contributed by atoms with Gasteiger partial charge in [0, 0.05) is 25.7 Å². The molecular formula is C75H146O17P2. The lowest BCUT2D eigenvalue weighted by Crippen LogP contribution is -2.30. The predicted octanol–water partition coefficient (Wildman–Crippen LogP) is 21.7. The van der Waals surface area contributed by atoms with Crippen LogP contribution in [-0.4, -0.2) is 96.7 Å². The second-order valence-electron chi connectivity index (χ2n) is 28.5. The Labute approximate surface area is 575 Å². The number of hydrogen-bond donors (Lipinski definition) is 3. The number of esters is 4. The van der Waals surface area contributed by atoms with Crippen LogP contribution < -0.4 is 0 Å². The van der Waals surface area contributed by atoms with E-state index in [4.69, 9.17) is 37.0 Å². The normalized spacial score (nSPS) is 14.7. The Morgan fingerprint density at radius 3 is 0.755 bits per heavy atom. The third kappa shape index (κ3) is 66.0. The van der Waals surface area contributed by atoms with E-state index in [0.717, 1.165) is 120 Å². The quantitative estimate of drug-likeness (QED) is 0.0222. The van der Waals surface area contributed by atoms with Gasteiger partial charge >= 0.3 is 39.5 Å². The van der Waals surface area contributed by atoms with Crippen LogP contribution in [0.2, 0.25) is 0 Å². The molecule has 94 heavy (non-hydrogen) atoms. The summed E-state index contributed by atoms with van der Waals surface area (Å²) >= 11 is 0. The van der Waals surface area contributed by atoms with Gasteiger partial charge in [0.15, 0.2) is 12.2 Å². The fourth-order valence-corrected chi connectivity index (χ4v) is 12.9. The molecule has 0 amide bonds. The Bertz CT molecular complexity index is 1850. The molecule has 0 rings (SSSR count). The van der Waals surface area contributed by atoms with Crippen LogP contribution in [0.1, 0.15) is 376 Å². The summed E-state index contributed by atoms with van der Waals surface area (Å²) < 4.78 is 68.5. The molecule has 3 N–H and O–H groups in total. The lowest BCUT2D eigenvalue weighted by Gasteiger charge is -2.21. The van der Waals surface area contributed by atoms with Crippen molar-refractivity contribution in [3.63, 3.8) is 0 Å². The first kappa shape index (κ1) is 92.1. The van der Waals surface area contributed by atoms with Crippen molar-refractivity contribution in [3.8, 4) is 0 Å². The number of hydrogen-bond acceptors (Lipinski definition) is 15. The summed E-state index contributed by atoms with van der Waals surface area (Å²) in [7, 11) is -9.91. The van der Waals surface area contributed by atoms with Crippen molar-refractivity contribution in [2.24, 2.45) is 23.7 Å². The maximum absolute atomic E-state index is 13.1. The number of aliphatic hydroxyl groups is 1. The fraction of sp³-hybridized carbons (Fsp3) is 0.947. The van der Waals surface area contributed by atoms with E-state index < -0.39 is 97.5 Å². The minimum atomic E-state index is -4.96. The monoisotopic (exact) mass is 1380 g/mol. The Morgan fingerprint density at radius 1 is 0.298 bits per heavy atom. The van der Waals surface area contributed by atoms with Crippen molar-refractivity contribution in [1.82, 2.24) is 0 Å². The van der Waals surface area contributed by atoms with Gasteiger partial charge in [0.2, 0.25) is 0 Å². The van der Waals surface area contributed by atoms with Crippen LogP contribution in [0.25, 0.3) is 0 Å². The summed E-state index contributed by atoms with van der Waals surface area (Å²) in [5, 5.41) is 10.6. The van der Waals surface area contributed by atoms with Crippen LogP contribution in [-0.2, 0) is 65.4 Å². The maximum Gasteiger partial charge on any atom is 0.472 e. The van der Waals surface area contributed by atoms with E-state index in [1.165, 1.54) is 173 Å². The highest BCUT2D eigenvalue weighted by Gasteiger charge is 2.30. The van der Waals surface area contributed by atoms with E-state index >= 15 is 0 Å². The van der Waals surface area contributed by atoms with Gasteiger partial charge in [-0.15, -0.1) is 0 Å². The molecule has 0 spiro atoms. The number of ether oxygens (including phenoxy) is 4. The van der Waals surface area contributed by atoms with E-state index in [0.29, 0.717) is 25.7 Å². The number of phosphoric ester groups is 2. The van der Waals surface area contributed by atoms with Crippen molar-refractivity contribution in [3.05, 3.63) is 0 Å². The van der Waals surface area contributed by atoms with Crippen molar-refractivity contribution < 1.29 is 80.2 Å². The maximum atomic E-state index is 13.1. The molecule has 0 heterocycles. The summed E-state index contributed by atoms with van der Waals surface area (Å²) in [5.41, 5.74) is 0. The first-order valence-electron chi connectivity index (χ1n) is 38.8. The Morgan fingerprint density at radius 2 is 0.511 bits per heavy atom. The first-order valence-corrected chi connectivity index (χ1v) is 41.8. The van der Waals surface area contributed by atoms with Gasteiger partial charge in [-0.3, -0.25) is 37.3 Å². The van der Waals surface area contributed by atoms with Gasteiger partial charge in [-0.05, 0) is 49.4 Å². The molecule has 0 aliphatic rings. The molecule has 7 atom stereocenters. The van der Waals surface area contributed by atoms with E-state index in [1.807, 2.05) is 0 Å². The van der Waals surface area contributed by atoms with Gasteiger partial charge in [0.25, 0.3) is 0 Å². The highest BCUT2D eigenvalue weighted by molar-refractivity contribution is 7.47. The molecular weight excluding hydrogens is 1230 g/mol. The summed E-state index contributed by atoms with van der Waals surface area (Å²) in [5.74, 6) is 0.970. The van der Waals surface area contributed by atoms with E-state index in [2.05, 4.69) is 55.4 Å². The molecule has 17 nitrogen and oxygen atoms in total. The van der Waals surface area contributed by atoms with E-state index in [1.54, 1.807) is 0 Å². The largest absolute Gasteiger partial charge is 0.472 e. The molecule has 0 fully saturated rings. The molecule has 19 heteroatoms. The number of aliphatic hydroxyl groups excluding tert-OH is 1. The van der Waals surface area contributed by atoms with Crippen molar-refractivity contribution >= 4 is 39.5 Å². The van der Waals surface area contributed by atoms with Crippen molar-refractivity contribution in [2.45, 2.75) is 395 Å². The van der Waals surface area contributed by atoms with E-state index in [9.17, 15) is 43.2 Å². The Hall–Kier alpha value is -1.94. The molecule has 0 aliphatic heterocycles. The molecule has 4 unspecified atom stereocenters. The molecule has 558 valence electrons. The molecule has 0 aromatic carbocycles. The van der Waals surface area contributed by atoms with Crippen LogP contribution in [0.3, 0.4) is 0 Å². The highest BCUT2D eigenvalue weighted by atomic mass is 31.2. The zero-order valence-electron chi connectivity index (χ0n) is 61.6. The molecule has 0 saturated carbocycles. The van der Waals surface area contributed by atoms with E-state index in [-0.39, 0.29) is 25.7 Å². The summed E-state index contributed by atoms with van der Waals surface area (Å²) in [6.45, 7) is 14.2. The average Bonchev–Trinajstić information content (AvgIpc) is 1.73. The molecule has 0 radical (unpaired) electrons. The standard InChI is InChI=1S/C75H146O17P2/c1-9-67(7)53-45-37-29-23-19-20-26-32-42-50-58-75(80)91-70(61-85-72(77)55-47-39-30-24-17-13-11-15-21-27-35-43-51-65(3)4)63-89-93(81,82)87-59-69(76)60-88-94(83,84)90-64-71(62-86-73(78)56-48-40-34-33-38-46-54-68(8)10-2)92-74(79)57-49-41-31-25-18-14-12-16-22-28-36-44-52-66(5)6/h65-71,76H,9-64H2,1-8H3,(H,81,82)(H,83,84)/t67?,68?,69-,70-,71-/m1/s1. The third-order valence-electron chi connectivity index (χ3n) is 18.0. The topological polar surface area (TPSA) is 237 Å². The van der Waals surface area contributed by atoms with Crippen LogP contribution in [0.15, 0.2) is 0 Å². The predicted molar refractivity (Wildman–Crippen MR) is 381 cm³/mol. The molecule has 0 aromatic heterocycles. The van der Waals surface area contributed by atoms with Gasteiger partial charge in [-0.1, -0.05) is 325 Å². The molecule has 0 aliphatic carbocycles. The lowest BCUT2D eigenvalue weighted by molar-refractivity contribution is -0.161. The number of unbranched alkanes of at least 4 members (excludes halogenated alkanes) is 36. The Balaban J connectivity index is 5.27. The van der Waals surface area contributed by atoms with Crippen LogP contribution in [0.5, 0.6) is 0 Å². The van der Waals surface area contributed by atoms with Crippen LogP contribution in [0, 0.1) is 23.7 Å². The molecule has 0 saturated heterocycles. The number of carbonyl (C=O) groups is 4. The number of rotatable bonds is 72. The second kappa shape index (κ2) is 64.4. The Kier molecular flexibility index (Phi) is 63.1. The molecule has 0 aromatic rings. The van der Waals surface area contributed by atoms with Gasteiger partial charge in [-0.25, -0.2) is 9.13 Å². The fourth-order valence-electron chi connectivity index (χ4n) is 11.3. The van der Waals surface area contributed by atoms with Crippen LogP contribution >= 0.6 is 15.6 Å². The van der Waals surface area contributed by atoms with Gasteiger partial charge in [0.05, 0.1) is 26.4 Å². The third-order valence-corrected chi connectivity index (χ3v) is 19.9. The van der Waals surface area contributed by atoms with Gasteiger partial charge in [-0.2, -0.15) is 0 Å². The lowest BCUT2D eigenvalue weighted by atomic mass is 9.99. The SMILES string of the molecule is CCC(C)CCCCCCCCCCCCC(=O)O[C@H](COC(=O)CCCCCCCCCCCCCCC(C)C)COP(=O)(O)OC[C@@H](O)COP(=O)(O)OC[C@@H](COC(=O)CCCCCCCCC(C)CC)OC(=O)CCCCCCCCCCCCCCC(C)C. The summed E-state index contributed by atoms with van der Waals surface area (Å²) in [6, 6.07) is 0. The number of phosphoric acid groups is 2. The second-order valence-corrected chi connectivity index (χ2v) is 31.4. The zero-order chi connectivity index (χ0) is 69.6. The first-order chi connectivity index (χ1) is 45.2. The number of carbonyl (C=O) groups excluding carboxylic acids is 4. The minimum Gasteiger partial charge on any atom is -0.462 e. The van der Waals surface area contributed by atoms with Gasteiger partial charge in [0.1, 0.15) is 19.3 Å². The zero-order valence-corrected chi connectivity index (χ0v) is 63.4. The highest BCUT2D eigenvalue weighted by Crippen LogP contribution is 2.45. The average molecular weight is 1380 g/mol. The smallest absolute Gasteiger partial charge is 0.462 e. The minimum absolute atomic E-state index is 0.105. The van der Waals surface area contributed by atoms with Crippen molar-refractivity contribution in [2.75, 3.05) is 39.6 Å². The van der Waals surface area contributed by atoms with Crippen molar-refractivity contribution in [1.29, 1.82) is 0 Å². The summed E-state index contributed by atoms with van der Waals surface area (Å²) in [4.78, 5) is 72.8. The van der Waals surface area contributed by atoms with Crippen LogP contribution in [0.4, 0.5) is 0 Å². The van der Waals surface area contributed by atoms with Gasteiger partial charge < -0.3 is 33.8 Å². The molecule has 0 bridgehead atoms.